The molecule has 0 radical (unpaired) electrons. The van der Waals surface area contributed by atoms with Crippen molar-refractivity contribution < 1.29 is 19.1 Å². The normalized spacial score (nSPS) is 10.6. The summed E-state index contributed by atoms with van der Waals surface area (Å²) in [6.07, 6.45) is 1.92. The molecule has 1 aromatic heterocycles. The smallest absolute Gasteiger partial charge is 0.249 e. The summed E-state index contributed by atoms with van der Waals surface area (Å²) in [6.45, 7) is 2.38. The quantitative estimate of drug-likeness (QED) is 0.391. The van der Waals surface area contributed by atoms with E-state index in [4.69, 9.17) is 9.47 Å². The van der Waals surface area contributed by atoms with Gasteiger partial charge in [0, 0.05) is 11.4 Å². The Hall–Kier alpha value is -2.87. The molecule has 0 saturated carbocycles. The molecule has 0 aliphatic rings. The molecule has 2 aromatic rings. The van der Waals surface area contributed by atoms with Crippen molar-refractivity contribution in [1.29, 1.82) is 0 Å². The molecule has 0 aliphatic carbocycles. The van der Waals surface area contributed by atoms with Crippen molar-refractivity contribution in [2.45, 2.75) is 19.8 Å². The second kappa shape index (κ2) is 10.3. The Labute approximate surface area is 162 Å². The molecule has 0 bridgehead atoms. The van der Waals surface area contributed by atoms with E-state index in [-0.39, 0.29) is 12.3 Å². The number of methoxy groups -OCH3 is 2. The first-order valence-corrected chi connectivity index (χ1v) is 9.25. The predicted molar refractivity (Wildman–Crippen MR) is 106 cm³/mol. The minimum Gasteiger partial charge on any atom is -0.493 e. The Morgan fingerprint density at radius 3 is 2.59 bits per heavy atom. The average Bonchev–Trinajstić information content (AvgIpc) is 3.06. The lowest BCUT2D eigenvalue weighted by molar-refractivity contribution is -0.129. The number of thiophene rings is 1. The van der Waals surface area contributed by atoms with Crippen LogP contribution in [0, 0.1) is 6.92 Å². The fourth-order valence-corrected chi connectivity index (χ4v) is 3.10. The number of carbonyl (C=O) groups is 2. The SMILES string of the molecule is COc1ccc(CCNC(=O)CC(=O)N/N=C\c2sccc2C)cc1OC. The number of nitrogens with zero attached hydrogens (tertiary/aromatic N) is 1. The first kappa shape index (κ1) is 20.4. The van der Waals surface area contributed by atoms with E-state index in [1.807, 2.05) is 36.6 Å². The predicted octanol–water partition coefficient (Wildman–Crippen LogP) is 2.27. The minimum absolute atomic E-state index is 0.271. The van der Waals surface area contributed by atoms with Gasteiger partial charge in [-0.25, -0.2) is 5.43 Å². The van der Waals surface area contributed by atoms with E-state index >= 15 is 0 Å². The summed E-state index contributed by atoms with van der Waals surface area (Å²) in [5, 5.41) is 8.54. The number of hydrogen-bond acceptors (Lipinski definition) is 6. The maximum Gasteiger partial charge on any atom is 0.249 e. The number of amides is 2. The third-order valence-electron chi connectivity index (χ3n) is 3.78. The zero-order valence-electron chi connectivity index (χ0n) is 15.6. The molecule has 0 atom stereocenters. The van der Waals surface area contributed by atoms with E-state index in [9.17, 15) is 9.59 Å². The highest BCUT2D eigenvalue weighted by Gasteiger charge is 2.09. The van der Waals surface area contributed by atoms with Gasteiger partial charge in [-0.3, -0.25) is 9.59 Å². The van der Waals surface area contributed by atoms with Crippen molar-refractivity contribution in [3.8, 4) is 11.5 Å². The molecule has 8 heteroatoms. The van der Waals surface area contributed by atoms with Gasteiger partial charge in [0.05, 0.1) is 20.4 Å². The Bertz CT molecular complexity index is 817. The second-order valence-electron chi connectivity index (χ2n) is 5.73. The Kier molecular flexibility index (Phi) is 7.81. The van der Waals surface area contributed by atoms with E-state index in [1.54, 1.807) is 20.4 Å². The molecular formula is C19H23N3O4S. The Morgan fingerprint density at radius 2 is 1.93 bits per heavy atom. The largest absolute Gasteiger partial charge is 0.493 e. The molecule has 144 valence electrons. The molecule has 0 spiro atoms. The van der Waals surface area contributed by atoms with Crippen molar-refractivity contribution >= 4 is 29.4 Å². The van der Waals surface area contributed by atoms with Crippen LogP contribution in [0.25, 0.3) is 0 Å². The molecule has 0 saturated heterocycles. The van der Waals surface area contributed by atoms with E-state index < -0.39 is 5.91 Å². The molecule has 1 aromatic carbocycles. The maximum atomic E-state index is 11.8. The lowest BCUT2D eigenvalue weighted by atomic mass is 10.1. The summed E-state index contributed by atoms with van der Waals surface area (Å²) in [7, 11) is 3.15. The van der Waals surface area contributed by atoms with Gasteiger partial charge in [-0.2, -0.15) is 5.10 Å². The number of carbonyl (C=O) groups excluding carboxylic acids is 2. The summed E-state index contributed by atoms with van der Waals surface area (Å²) in [4.78, 5) is 24.6. The number of nitrogens with one attached hydrogen (secondary N) is 2. The van der Waals surface area contributed by atoms with E-state index in [0.717, 1.165) is 16.0 Å². The van der Waals surface area contributed by atoms with Crippen molar-refractivity contribution in [2.24, 2.45) is 5.10 Å². The molecule has 2 rings (SSSR count). The zero-order chi connectivity index (χ0) is 19.6. The highest BCUT2D eigenvalue weighted by Crippen LogP contribution is 2.27. The van der Waals surface area contributed by atoms with Crippen molar-refractivity contribution in [3.63, 3.8) is 0 Å². The third-order valence-corrected chi connectivity index (χ3v) is 4.73. The molecular weight excluding hydrogens is 366 g/mol. The standard InChI is InChI=1S/C19H23N3O4S/c1-13-7-9-27-17(13)12-21-22-19(24)11-18(23)20-8-6-14-4-5-15(25-2)16(10-14)26-3/h4-5,7,9-10,12H,6,8,11H2,1-3H3,(H,20,23)(H,22,24)/b21-12-. The van der Waals surface area contributed by atoms with Gasteiger partial charge in [-0.1, -0.05) is 6.07 Å². The summed E-state index contributed by atoms with van der Waals surface area (Å²) in [5.74, 6) is 0.486. The molecule has 0 fully saturated rings. The van der Waals surface area contributed by atoms with Gasteiger partial charge in [-0.05, 0) is 48.1 Å². The molecule has 0 unspecified atom stereocenters. The van der Waals surface area contributed by atoms with Crippen LogP contribution >= 0.6 is 11.3 Å². The van der Waals surface area contributed by atoms with Gasteiger partial charge >= 0.3 is 0 Å². The lowest BCUT2D eigenvalue weighted by Gasteiger charge is -2.10. The molecule has 27 heavy (non-hydrogen) atoms. The van der Waals surface area contributed by atoms with Crippen LogP contribution in [0.5, 0.6) is 11.5 Å². The number of ether oxygens (including phenoxy) is 2. The van der Waals surface area contributed by atoms with Crippen LogP contribution in [0.15, 0.2) is 34.7 Å². The second-order valence-corrected chi connectivity index (χ2v) is 6.67. The van der Waals surface area contributed by atoms with Crippen LogP contribution in [0.2, 0.25) is 0 Å². The van der Waals surface area contributed by atoms with Crippen LogP contribution in [0.4, 0.5) is 0 Å². The van der Waals surface area contributed by atoms with Gasteiger partial charge in [0.1, 0.15) is 6.42 Å². The molecule has 0 aliphatic heterocycles. The number of benzene rings is 1. The highest BCUT2D eigenvalue weighted by atomic mass is 32.1. The van der Waals surface area contributed by atoms with Gasteiger partial charge in [-0.15, -0.1) is 11.3 Å². The topological polar surface area (TPSA) is 89.0 Å². The van der Waals surface area contributed by atoms with Crippen LogP contribution in [0.1, 0.15) is 22.4 Å². The molecule has 2 N–H and O–H groups in total. The number of hydrogen-bond donors (Lipinski definition) is 2. The summed E-state index contributed by atoms with van der Waals surface area (Å²) in [6, 6.07) is 7.55. The molecule has 1 heterocycles. The van der Waals surface area contributed by atoms with E-state index in [2.05, 4.69) is 15.8 Å². The number of rotatable bonds is 9. The first-order valence-electron chi connectivity index (χ1n) is 8.37. The number of aryl methyl sites for hydroxylation is 1. The fraction of sp³-hybridized carbons (Fsp3) is 0.316. The van der Waals surface area contributed by atoms with Crippen molar-refractivity contribution in [3.05, 3.63) is 45.6 Å². The monoisotopic (exact) mass is 389 g/mol. The van der Waals surface area contributed by atoms with E-state index in [0.29, 0.717) is 24.5 Å². The lowest BCUT2D eigenvalue weighted by Crippen LogP contribution is -2.31. The van der Waals surface area contributed by atoms with Crippen LogP contribution in [-0.4, -0.2) is 38.8 Å². The van der Waals surface area contributed by atoms with Crippen LogP contribution in [-0.2, 0) is 16.0 Å². The van der Waals surface area contributed by atoms with Gasteiger partial charge in [0.2, 0.25) is 11.8 Å². The average molecular weight is 389 g/mol. The van der Waals surface area contributed by atoms with Crippen molar-refractivity contribution in [2.75, 3.05) is 20.8 Å². The maximum absolute atomic E-state index is 11.8. The van der Waals surface area contributed by atoms with E-state index in [1.165, 1.54) is 11.3 Å². The van der Waals surface area contributed by atoms with Gasteiger partial charge in [0.25, 0.3) is 0 Å². The Morgan fingerprint density at radius 1 is 1.15 bits per heavy atom. The minimum atomic E-state index is -0.455. The van der Waals surface area contributed by atoms with Crippen LogP contribution in [0.3, 0.4) is 0 Å². The van der Waals surface area contributed by atoms with Gasteiger partial charge in [0.15, 0.2) is 11.5 Å². The van der Waals surface area contributed by atoms with Crippen LogP contribution < -0.4 is 20.2 Å². The summed E-state index contributed by atoms with van der Waals surface area (Å²) in [5.41, 5.74) is 4.44. The fourth-order valence-electron chi connectivity index (χ4n) is 2.31. The number of hydrazone groups is 1. The first-order chi connectivity index (χ1) is 13.0. The summed E-state index contributed by atoms with van der Waals surface area (Å²) >= 11 is 1.53. The zero-order valence-corrected chi connectivity index (χ0v) is 16.4. The van der Waals surface area contributed by atoms with Crippen molar-refractivity contribution in [1.82, 2.24) is 10.7 Å². The molecule has 2 amide bonds. The Balaban J connectivity index is 1.72. The molecule has 7 nitrogen and oxygen atoms in total. The third kappa shape index (κ3) is 6.41. The summed E-state index contributed by atoms with van der Waals surface area (Å²) < 4.78 is 10.4. The van der Waals surface area contributed by atoms with Gasteiger partial charge < -0.3 is 14.8 Å². The highest BCUT2D eigenvalue weighted by molar-refractivity contribution is 7.11.